The zero-order valence-corrected chi connectivity index (χ0v) is 12.6. The molecule has 1 amide bonds. The standard InChI is InChI=1S/C14H16N2O2S2/c17-13(15-5-3-11-2-1-6-18-11)12-8-16-14(20-12)10-4-7-19-9-10/h4,7-9,11H,1-3,5-6H2,(H,15,17). The normalized spacial score (nSPS) is 18.3. The van der Waals surface area contributed by atoms with Gasteiger partial charge in [-0.3, -0.25) is 4.79 Å². The van der Waals surface area contributed by atoms with Crippen LogP contribution in [0.15, 0.2) is 23.0 Å². The minimum Gasteiger partial charge on any atom is -0.378 e. The first-order valence-corrected chi connectivity index (χ1v) is 8.47. The third-order valence-electron chi connectivity index (χ3n) is 3.27. The van der Waals surface area contributed by atoms with Crippen LogP contribution in [0.4, 0.5) is 0 Å². The largest absolute Gasteiger partial charge is 0.378 e. The molecule has 3 heterocycles. The molecule has 1 atom stereocenters. The fourth-order valence-corrected chi connectivity index (χ4v) is 3.75. The van der Waals surface area contributed by atoms with Crippen LogP contribution in [0.1, 0.15) is 28.9 Å². The summed E-state index contributed by atoms with van der Waals surface area (Å²) in [5, 5.41) is 7.89. The van der Waals surface area contributed by atoms with Gasteiger partial charge in [-0.2, -0.15) is 11.3 Å². The summed E-state index contributed by atoms with van der Waals surface area (Å²) < 4.78 is 5.53. The smallest absolute Gasteiger partial charge is 0.263 e. The van der Waals surface area contributed by atoms with Gasteiger partial charge in [0.2, 0.25) is 0 Å². The van der Waals surface area contributed by atoms with E-state index in [1.807, 2.05) is 16.8 Å². The van der Waals surface area contributed by atoms with Gasteiger partial charge in [0.1, 0.15) is 9.88 Å². The van der Waals surface area contributed by atoms with E-state index in [2.05, 4.69) is 10.3 Å². The highest BCUT2D eigenvalue weighted by Gasteiger charge is 2.16. The van der Waals surface area contributed by atoms with E-state index in [0.717, 1.165) is 36.4 Å². The summed E-state index contributed by atoms with van der Waals surface area (Å²) in [6, 6.07) is 2.02. The van der Waals surface area contributed by atoms with Crippen LogP contribution in [0.25, 0.3) is 10.6 Å². The van der Waals surface area contributed by atoms with E-state index >= 15 is 0 Å². The second-order valence-electron chi connectivity index (χ2n) is 4.72. The molecule has 0 saturated carbocycles. The maximum atomic E-state index is 12.0. The Morgan fingerprint density at radius 1 is 1.55 bits per heavy atom. The average Bonchev–Trinajstić information content (AvgIpc) is 3.20. The van der Waals surface area contributed by atoms with Crippen LogP contribution in [0.2, 0.25) is 0 Å². The Kier molecular flexibility index (Phi) is 4.44. The summed E-state index contributed by atoms with van der Waals surface area (Å²) in [7, 11) is 0. The van der Waals surface area contributed by atoms with Crippen LogP contribution in [-0.4, -0.2) is 30.1 Å². The second-order valence-corrected chi connectivity index (χ2v) is 6.53. The summed E-state index contributed by atoms with van der Waals surface area (Å²) in [5.74, 6) is -0.0398. The zero-order chi connectivity index (χ0) is 13.8. The molecule has 0 spiro atoms. The van der Waals surface area contributed by atoms with Crippen LogP contribution < -0.4 is 5.32 Å². The number of hydrogen-bond donors (Lipinski definition) is 1. The van der Waals surface area contributed by atoms with Crippen LogP contribution in [0.3, 0.4) is 0 Å². The summed E-state index contributed by atoms with van der Waals surface area (Å²) in [6.07, 6.45) is 5.11. The van der Waals surface area contributed by atoms with E-state index in [9.17, 15) is 4.79 Å². The highest BCUT2D eigenvalue weighted by molar-refractivity contribution is 7.17. The predicted molar refractivity (Wildman–Crippen MR) is 81.4 cm³/mol. The number of carbonyl (C=O) groups is 1. The number of rotatable bonds is 5. The van der Waals surface area contributed by atoms with E-state index in [-0.39, 0.29) is 5.91 Å². The van der Waals surface area contributed by atoms with Crippen LogP contribution in [0.5, 0.6) is 0 Å². The molecule has 0 radical (unpaired) electrons. The van der Waals surface area contributed by atoms with E-state index in [4.69, 9.17) is 4.74 Å². The first-order valence-electron chi connectivity index (χ1n) is 6.71. The van der Waals surface area contributed by atoms with E-state index in [1.165, 1.54) is 11.3 Å². The molecule has 1 aliphatic rings. The molecule has 6 heteroatoms. The lowest BCUT2D eigenvalue weighted by atomic mass is 10.2. The summed E-state index contributed by atoms with van der Waals surface area (Å²) >= 11 is 3.07. The molecule has 1 saturated heterocycles. The average molecular weight is 308 g/mol. The number of nitrogens with one attached hydrogen (secondary N) is 1. The topological polar surface area (TPSA) is 51.2 Å². The van der Waals surface area contributed by atoms with Crippen molar-refractivity contribution in [1.82, 2.24) is 10.3 Å². The van der Waals surface area contributed by atoms with Crippen LogP contribution in [-0.2, 0) is 4.74 Å². The second kappa shape index (κ2) is 6.47. The minimum atomic E-state index is -0.0398. The number of nitrogens with zero attached hydrogens (tertiary/aromatic N) is 1. The highest BCUT2D eigenvalue weighted by Crippen LogP contribution is 2.26. The number of thiophene rings is 1. The fraction of sp³-hybridized carbons (Fsp3) is 0.429. The van der Waals surface area contributed by atoms with Crippen molar-refractivity contribution in [3.63, 3.8) is 0 Å². The van der Waals surface area contributed by atoms with Crippen molar-refractivity contribution in [2.75, 3.05) is 13.2 Å². The molecule has 3 rings (SSSR count). The van der Waals surface area contributed by atoms with Crippen molar-refractivity contribution in [3.05, 3.63) is 27.9 Å². The van der Waals surface area contributed by atoms with Crippen molar-refractivity contribution in [1.29, 1.82) is 0 Å². The SMILES string of the molecule is O=C(NCCC1CCCO1)c1cnc(-c2ccsc2)s1. The number of ether oxygens (including phenoxy) is 1. The molecule has 0 bridgehead atoms. The van der Waals surface area contributed by atoms with E-state index < -0.39 is 0 Å². The predicted octanol–water partition coefficient (Wildman–Crippen LogP) is 3.17. The van der Waals surface area contributed by atoms with Crippen molar-refractivity contribution < 1.29 is 9.53 Å². The molecule has 2 aromatic rings. The molecule has 106 valence electrons. The number of carbonyl (C=O) groups excluding carboxylic acids is 1. The van der Waals surface area contributed by atoms with Crippen LogP contribution in [0, 0.1) is 0 Å². The molecule has 1 N–H and O–H groups in total. The monoisotopic (exact) mass is 308 g/mol. The van der Waals surface area contributed by atoms with Crippen molar-refractivity contribution in [2.45, 2.75) is 25.4 Å². The van der Waals surface area contributed by atoms with Gasteiger partial charge in [-0.15, -0.1) is 11.3 Å². The molecule has 2 aromatic heterocycles. The van der Waals surface area contributed by atoms with Crippen molar-refractivity contribution in [2.24, 2.45) is 0 Å². The Balaban J connectivity index is 1.52. The number of thiazole rings is 1. The van der Waals surface area contributed by atoms with Gasteiger partial charge in [0.25, 0.3) is 5.91 Å². The lowest BCUT2D eigenvalue weighted by Crippen LogP contribution is -2.26. The highest BCUT2D eigenvalue weighted by atomic mass is 32.1. The Labute approximate surface area is 125 Å². The molecule has 0 aliphatic carbocycles. The van der Waals surface area contributed by atoms with Gasteiger partial charge in [-0.05, 0) is 30.7 Å². The third kappa shape index (κ3) is 3.26. The fourth-order valence-electron chi connectivity index (χ4n) is 2.20. The van der Waals surface area contributed by atoms with E-state index in [0.29, 0.717) is 17.5 Å². The first kappa shape index (κ1) is 13.7. The summed E-state index contributed by atoms with van der Waals surface area (Å²) in [4.78, 5) is 17.0. The first-order chi connectivity index (χ1) is 9.83. The van der Waals surface area contributed by atoms with Crippen molar-refractivity contribution in [3.8, 4) is 10.6 Å². The lowest BCUT2D eigenvalue weighted by molar-refractivity contribution is 0.0910. The molecule has 1 fully saturated rings. The quantitative estimate of drug-likeness (QED) is 0.923. The van der Waals surface area contributed by atoms with Gasteiger partial charge < -0.3 is 10.1 Å². The lowest BCUT2D eigenvalue weighted by Gasteiger charge is -2.09. The minimum absolute atomic E-state index is 0.0398. The van der Waals surface area contributed by atoms with Gasteiger partial charge in [-0.1, -0.05) is 0 Å². The molecular weight excluding hydrogens is 292 g/mol. The van der Waals surface area contributed by atoms with Gasteiger partial charge in [0.15, 0.2) is 0 Å². The van der Waals surface area contributed by atoms with Gasteiger partial charge in [0, 0.05) is 24.1 Å². The summed E-state index contributed by atoms with van der Waals surface area (Å²) in [6.45, 7) is 1.52. The summed E-state index contributed by atoms with van der Waals surface area (Å²) in [5.41, 5.74) is 1.08. The van der Waals surface area contributed by atoms with Gasteiger partial charge in [-0.25, -0.2) is 4.98 Å². The van der Waals surface area contributed by atoms with E-state index in [1.54, 1.807) is 17.5 Å². The molecule has 0 aromatic carbocycles. The molecule has 20 heavy (non-hydrogen) atoms. The maximum absolute atomic E-state index is 12.0. The van der Waals surface area contributed by atoms with Crippen molar-refractivity contribution >= 4 is 28.6 Å². The number of amides is 1. The molecular formula is C14H16N2O2S2. The van der Waals surface area contributed by atoms with Crippen LogP contribution >= 0.6 is 22.7 Å². The van der Waals surface area contributed by atoms with Gasteiger partial charge >= 0.3 is 0 Å². The Morgan fingerprint density at radius 3 is 3.25 bits per heavy atom. The third-order valence-corrected chi connectivity index (χ3v) is 5.00. The Morgan fingerprint density at radius 2 is 2.50 bits per heavy atom. The molecule has 1 unspecified atom stereocenters. The van der Waals surface area contributed by atoms with Gasteiger partial charge in [0.05, 0.1) is 12.3 Å². The zero-order valence-electron chi connectivity index (χ0n) is 11.0. The Bertz CT molecular complexity index is 560. The molecule has 1 aliphatic heterocycles. The number of hydrogen-bond acceptors (Lipinski definition) is 5. The number of aromatic nitrogens is 1. The molecule has 4 nitrogen and oxygen atoms in total. The maximum Gasteiger partial charge on any atom is 0.263 e. The Hall–Kier alpha value is -1.24.